The minimum absolute atomic E-state index is 0.0389. The number of nitrogens with two attached hydrogens (primary N) is 2. The summed E-state index contributed by atoms with van der Waals surface area (Å²) in [6, 6.07) is 2.92. The third kappa shape index (κ3) is 3.17. The number of ketones is 2. The lowest BCUT2D eigenvalue weighted by atomic mass is 9.57. The summed E-state index contributed by atoms with van der Waals surface area (Å²) in [6.07, 6.45) is 1.24. The highest BCUT2D eigenvalue weighted by molar-refractivity contribution is 6.24. The van der Waals surface area contributed by atoms with Gasteiger partial charge in [0.2, 0.25) is 5.78 Å². The zero-order valence-electron chi connectivity index (χ0n) is 20.4. The van der Waals surface area contributed by atoms with E-state index in [2.05, 4.69) is 0 Å². The molecule has 0 bridgehead atoms. The van der Waals surface area contributed by atoms with Crippen LogP contribution in [0.25, 0.3) is 17.1 Å². The van der Waals surface area contributed by atoms with Crippen molar-refractivity contribution in [3.8, 4) is 17.1 Å². The predicted molar refractivity (Wildman–Crippen MR) is 130 cm³/mol. The van der Waals surface area contributed by atoms with Crippen LogP contribution in [0.1, 0.15) is 27.9 Å². The highest BCUT2D eigenvalue weighted by Gasteiger charge is 2.64. The van der Waals surface area contributed by atoms with Gasteiger partial charge >= 0.3 is 0 Å². The molecule has 8 N–H and O–H groups in total. The summed E-state index contributed by atoms with van der Waals surface area (Å²) in [5, 5.41) is 44.5. The van der Waals surface area contributed by atoms with Crippen LogP contribution in [-0.2, 0) is 20.8 Å². The van der Waals surface area contributed by atoms with Gasteiger partial charge in [-0.15, -0.1) is 0 Å². The lowest BCUT2D eigenvalue weighted by Gasteiger charge is -2.50. The molecular formula is C26H25N3O9. The number of Topliss-reactive ketones (excluding diaryl/α,β-unsaturated/α-hetero) is 2. The van der Waals surface area contributed by atoms with Gasteiger partial charge in [0.15, 0.2) is 11.4 Å². The molecule has 38 heavy (non-hydrogen) atoms. The summed E-state index contributed by atoms with van der Waals surface area (Å²) >= 11 is 0. The number of carbonyl (C=O) groups is 4. The number of benzene rings is 1. The summed E-state index contributed by atoms with van der Waals surface area (Å²) in [6.45, 7) is 0. The number of aliphatic hydroxyl groups excluding tert-OH is 2. The molecule has 4 atom stereocenters. The van der Waals surface area contributed by atoms with Gasteiger partial charge in [-0.3, -0.25) is 24.1 Å². The largest absolute Gasteiger partial charge is 0.508 e. The monoisotopic (exact) mass is 523 g/mol. The third-order valence-electron chi connectivity index (χ3n) is 7.78. The van der Waals surface area contributed by atoms with Crippen molar-refractivity contribution in [2.45, 2.75) is 24.5 Å². The molecule has 0 aliphatic heterocycles. The van der Waals surface area contributed by atoms with Crippen molar-refractivity contribution in [1.82, 2.24) is 4.90 Å². The highest BCUT2D eigenvalue weighted by atomic mass is 16.3. The molecular weight excluding hydrogens is 498 g/mol. The molecule has 0 unspecified atom stereocenters. The molecule has 12 nitrogen and oxygen atoms in total. The number of furan rings is 1. The van der Waals surface area contributed by atoms with Crippen LogP contribution in [0, 0.1) is 11.8 Å². The average molecular weight is 523 g/mol. The van der Waals surface area contributed by atoms with Crippen LogP contribution in [0.3, 0.4) is 0 Å². The second-order valence-electron chi connectivity index (χ2n) is 9.98. The van der Waals surface area contributed by atoms with Crippen molar-refractivity contribution in [3.05, 3.63) is 58.1 Å². The molecule has 1 aromatic carbocycles. The zero-order valence-corrected chi connectivity index (χ0v) is 20.4. The number of phenols is 1. The Labute approximate surface area is 215 Å². The number of aromatic hydroxyl groups is 1. The number of nitrogens with zero attached hydrogens (tertiary/aromatic N) is 1. The molecule has 2 aromatic rings. The van der Waals surface area contributed by atoms with Crippen molar-refractivity contribution in [2.24, 2.45) is 23.3 Å². The molecule has 1 fully saturated rings. The minimum atomic E-state index is -2.72. The summed E-state index contributed by atoms with van der Waals surface area (Å²) < 4.78 is 5.50. The van der Waals surface area contributed by atoms with Crippen molar-refractivity contribution in [3.63, 3.8) is 0 Å². The Morgan fingerprint density at radius 1 is 1.08 bits per heavy atom. The van der Waals surface area contributed by atoms with E-state index in [4.69, 9.17) is 15.9 Å². The van der Waals surface area contributed by atoms with Crippen LogP contribution in [0.2, 0.25) is 0 Å². The van der Waals surface area contributed by atoms with Crippen LogP contribution in [-0.4, -0.2) is 74.4 Å². The third-order valence-corrected chi connectivity index (χ3v) is 7.78. The second kappa shape index (κ2) is 8.30. The number of likely N-dealkylation sites (N-methyl/N-ethyl adjacent to an activating group) is 1. The molecule has 198 valence electrons. The van der Waals surface area contributed by atoms with Crippen LogP contribution in [0.5, 0.6) is 5.75 Å². The van der Waals surface area contributed by atoms with E-state index in [0.717, 1.165) is 0 Å². The molecule has 3 aliphatic rings. The van der Waals surface area contributed by atoms with Crippen LogP contribution >= 0.6 is 0 Å². The van der Waals surface area contributed by atoms with E-state index in [-0.39, 0.29) is 41.1 Å². The van der Waals surface area contributed by atoms with Gasteiger partial charge in [-0.25, -0.2) is 0 Å². The molecule has 3 aliphatic carbocycles. The number of hydrogen-bond donors (Lipinski definition) is 6. The zero-order chi connectivity index (χ0) is 27.8. The molecule has 1 aromatic heterocycles. The van der Waals surface area contributed by atoms with E-state index >= 15 is 0 Å². The summed E-state index contributed by atoms with van der Waals surface area (Å²) in [7, 11) is 3.04. The molecule has 12 heteroatoms. The molecule has 2 amide bonds. The Hall–Kier alpha value is -4.42. The van der Waals surface area contributed by atoms with Gasteiger partial charge in [0.05, 0.1) is 23.4 Å². The lowest BCUT2D eigenvalue weighted by Crippen LogP contribution is -2.65. The Morgan fingerprint density at radius 2 is 1.76 bits per heavy atom. The SMILES string of the molecule is CN(C)[C@@H]1C(=O)C(C(N)=O)=C(O)[C@@]2(O)C(=O)C3=C(O)c4c(O)ccc(-c5occc5C(N)=O)c4C[C@H]3C[C@@H]12. The molecule has 0 saturated heterocycles. The van der Waals surface area contributed by atoms with Crippen molar-refractivity contribution < 1.29 is 44.0 Å². The van der Waals surface area contributed by atoms with E-state index in [1.807, 2.05) is 0 Å². The Kier molecular flexibility index (Phi) is 5.51. The van der Waals surface area contributed by atoms with E-state index in [1.54, 1.807) is 0 Å². The number of rotatable bonds is 4. The Bertz CT molecular complexity index is 1520. The number of primary amides is 2. The first-order chi connectivity index (χ1) is 17.8. The first-order valence-corrected chi connectivity index (χ1v) is 11.7. The first-order valence-electron chi connectivity index (χ1n) is 11.7. The predicted octanol–water partition coefficient (Wildman–Crippen LogP) is 0.323. The van der Waals surface area contributed by atoms with Gasteiger partial charge in [0.25, 0.3) is 11.8 Å². The number of amides is 2. The van der Waals surface area contributed by atoms with Crippen LogP contribution in [0.15, 0.2) is 45.8 Å². The van der Waals surface area contributed by atoms with E-state index < -0.39 is 64.0 Å². The molecule has 0 radical (unpaired) electrons. The first kappa shape index (κ1) is 25.2. The molecule has 1 heterocycles. The standard InChI is InChI=1S/C26H25N3O9/c1-29(2)18-13-8-9-7-12-10(21-11(24(27)35)5-6-38-21)3-4-14(30)16(12)19(31)15(9)22(33)26(13,37)23(34)17(20(18)32)25(28)36/h3-6,9,13,18,30-31,34,37H,7-8H2,1-2H3,(H2,27,35)(H2,28,36)/t9-,13-,18-,26-/m0/s1. The van der Waals surface area contributed by atoms with Gasteiger partial charge in [0.1, 0.15) is 28.6 Å². The fourth-order valence-corrected chi connectivity index (χ4v) is 6.17. The van der Waals surface area contributed by atoms with E-state index in [1.165, 1.54) is 43.5 Å². The quantitative estimate of drug-likeness (QED) is 0.302. The van der Waals surface area contributed by atoms with E-state index in [9.17, 15) is 39.6 Å². The highest BCUT2D eigenvalue weighted by Crippen LogP contribution is 2.53. The second-order valence-corrected chi connectivity index (χ2v) is 9.98. The van der Waals surface area contributed by atoms with Crippen LogP contribution in [0.4, 0.5) is 0 Å². The van der Waals surface area contributed by atoms with Crippen LogP contribution < -0.4 is 11.5 Å². The number of fused-ring (bicyclic) bond motifs is 3. The van der Waals surface area contributed by atoms with Crippen molar-refractivity contribution in [2.75, 3.05) is 14.1 Å². The van der Waals surface area contributed by atoms with Gasteiger partial charge in [0, 0.05) is 17.1 Å². The van der Waals surface area contributed by atoms with Gasteiger partial charge in [-0.1, -0.05) is 0 Å². The summed E-state index contributed by atoms with van der Waals surface area (Å²) in [4.78, 5) is 52.4. The molecule has 1 saturated carbocycles. The van der Waals surface area contributed by atoms with Gasteiger partial charge in [-0.05, 0) is 56.6 Å². The maximum atomic E-state index is 13.9. The Balaban J connectivity index is 1.75. The summed E-state index contributed by atoms with van der Waals surface area (Å²) in [5.41, 5.74) is 7.55. The maximum absolute atomic E-state index is 13.9. The maximum Gasteiger partial charge on any atom is 0.255 e. The smallest absolute Gasteiger partial charge is 0.255 e. The number of hydrogen-bond acceptors (Lipinski definition) is 10. The number of carbonyl (C=O) groups excluding carboxylic acids is 4. The topological polar surface area (TPSA) is 218 Å². The number of aliphatic hydroxyl groups is 3. The molecule has 0 spiro atoms. The fraction of sp³-hybridized carbons (Fsp3) is 0.308. The van der Waals surface area contributed by atoms with Gasteiger partial charge in [-0.2, -0.15) is 0 Å². The lowest BCUT2D eigenvalue weighted by molar-refractivity contribution is -0.153. The minimum Gasteiger partial charge on any atom is -0.508 e. The number of phenolic OH excluding ortho intramolecular Hbond substituents is 1. The van der Waals surface area contributed by atoms with E-state index in [0.29, 0.717) is 11.1 Å². The van der Waals surface area contributed by atoms with Crippen molar-refractivity contribution in [1.29, 1.82) is 0 Å². The fourth-order valence-electron chi connectivity index (χ4n) is 6.17. The van der Waals surface area contributed by atoms with Gasteiger partial charge < -0.3 is 36.3 Å². The van der Waals surface area contributed by atoms with Crippen molar-refractivity contribution >= 4 is 29.1 Å². The molecule has 5 rings (SSSR count). The average Bonchev–Trinajstić information content (AvgIpc) is 3.31. The Morgan fingerprint density at radius 3 is 2.37 bits per heavy atom. The normalized spacial score (nSPS) is 26.8. The summed E-state index contributed by atoms with van der Waals surface area (Å²) in [5.74, 6) is -8.07.